The normalized spacial score (nSPS) is 10.5. The Bertz CT molecular complexity index is 856. The first kappa shape index (κ1) is 17.7. The van der Waals surface area contributed by atoms with Crippen LogP contribution < -0.4 is 4.74 Å². The van der Waals surface area contributed by atoms with Gasteiger partial charge in [-0.15, -0.1) is 0 Å². The average molecular weight is 346 g/mol. The van der Waals surface area contributed by atoms with E-state index >= 15 is 0 Å². The molecule has 3 heteroatoms. The quantitative estimate of drug-likeness (QED) is 0.614. The number of para-hydroxylation sites is 1. The maximum atomic E-state index is 11.3. The van der Waals surface area contributed by atoms with E-state index in [1.165, 1.54) is 0 Å². The van der Waals surface area contributed by atoms with Crippen molar-refractivity contribution in [2.24, 2.45) is 0 Å². The fraction of sp³-hybridized carbons (Fsp3) is 0.174. The van der Waals surface area contributed by atoms with Crippen molar-refractivity contribution < 1.29 is 14.6 Å². The molecule has 0 heterocycles. The lowest BCUT2D eigenvalue weighted by Crippen LogP contribution is -2.03. The molecule has 3 aromatic rings. The molecule has 0 aromatic heterocycles. The lowest BCUT2D eigenvalue weighted by Gasteiger charge is -2.12. The standard InChI is InChI=1S/C23H22O3/c24-23(25)21-15-6-4-11-19(21)13-8-14-20-12-5-7-16-22(20)26-17-18-9-2-1-3-10-18/h1-7,9-12,15-16H,8,13-14,17H2,(H,24,25). The van der Waals surface area contributed by atoms with Crippen LogP contribution in [-0.4, -0.2) is 11.1 Å². The van der Waals surface area contributed by atoms with Gasteiger partial charge in [0.15, 0.2) is 0 Å². The van der Waals surface area contributed by atoms with Crippen LogP contribution in [0.2, 0.25) is 0 Å². The molecule has 0 aliphatic heterocycles. The zero-order valence-corrected chi connectivity index (χ0v) is 14.6. The molecule has 0 saturated heterocycles. The van der Waals surface area contributed by atoms with Gasteiger partial charge in [0.1, 0.15) is 12.4 Å². The SMILES string of the molecule is O=C(O)c1ccccc1CCCc1ccccc1OCc1ccccc1. The molecule has 0 atom stereocenters. The second-order valence-corrected chi connectivity index (χ2v) is 6.20. The van der Waals surface area contributed by atoms with E-state index in [4.69, 9.17) is 4.74 Å². The summed E-state index contributed by atoms with van der Waals surface area (Å²) in [6.07, 6.45) is 2.45. The highest BCUT2D eigenvalue weighted by Crippen LogP contribution is 2.22. The molecule has 3 aromatic carbocycles. The number of hydrogen-bond acceptors (Lipinski definition) is 2. The molecule has 3 nitrogen and oxygen atoms in total. The van der Waals surface area contributed by atoms with Crippen molar-refractivity contribution in [1.29, 1.82) is 0 Å². The van der Waals surface area contributed by atoms with Gasteiger partial charge < -0.3 is 9.84 Å². The Labute approximate surface area is 153 Å². The van der Waals surface area contributed by atoms with Gasteiger partial charge in [0, 0.05) is 0 Å². The maximum Gasteiger partial charge on any atom is 0.335 e. The first-order valence-corrected chi connectivity index (χ1v) is 8.80. The predicted octanol–water partition coefficient (Wildman–Crippen LogP) is 5.14. The smallest absolute Gasteiger partial charge is 0.335 e. The molecule has 0 aliphatic rings. The molecule has 0 aliphatic carbocycles. The number of aromatic carboxylic acids is 1. The molecule has 0 fully saturated rings. The van der Waals surface area contributed by atoms with Crippen LogP contribution >= 0.6 is 0 Å². The number of carbonyl (C=O) groups is 1. The van der Waals surface area contributed by atoms with Crippen molar-refractivity contribution in [1.82, 2.24) is 0 Å². The van der Waals surface area contributed by atoms with E-state index in [1.54, 1.807) is 12.1 Å². The number of rotatable bonds is 8. The fourth-order valence-corrected chi connectivity index (χ4v) is 3.00. The third kappa shape index (κ3) is 4.73. The fourth-order valence-electron chi connectivity index (χ4n) is 3.00. The molecule has 0 saturated carbocycles. The van der Waals surface area contributed by atoms with Crippen molar-refractivity contribution in [3.05, 3.63) is 101 Å². The summed E-state index contributed by atoms with van der Waals surface area (Å²) in [5, 5.41) is 9.28. The molecule has 132 valence electrons. The molecule has 3 rings (SSSR count). The Morgan fingerprint density at radius 1 is 0.769 bits per heavy atom. The van der Waals surface area contributed by atoms with Crippen molar-refractivity contribution in [3.8, 4) is 5.75 Å². The van der Waals surface area contributed by atoms with Crippen LogP contribution in [0.15, 0.2) is 78.9 Å². The summed E-state index contributed by atoms with van der Waals surface area (Å²) in [6.45, 7) is 0.541. The summed E-state index contributed by atoms with van der Waals surface area (Å²) in [6, 6.07) is 25.3. The number of carboxylic acids is 1. The van der Waals surface area contributed by atoms with Crippen LogP contribution in [-0.2, 0) is 19.4 Å². The zero-order chi connectivity index (χ0) is 18.2. The molecule has 0 radical (unpaired) electrons. The zero-order valence-electron chi connectivity index (χ0n) is 14.6. The first-order valence-electron chi connectivity index (χ1n) is 8.80. The van der Waals surface area contributed by atoms with Crippen LogP contribution in [0, 0.1) is 0 Å². The number of hydrogen-bond donors (Lipinski definition) is 1. The molecule has 0 spiro atoms. The van der Waals surface area contributed by atoms with Gasteiger partial charge >= 0.3 is 5.97 Å². The third-order valence-electron chi connectivity index (χ3n) is 4.35. The number of ether oxygens (including phenoxy) is 1. The number of carboxylic acid groups (broad SMARTS) is 1. The topological polar surface area (TPSA) is 46.5 Å². The van der Waals surface area contributed by atoms with Crippen LogP contribution in [0.25, 0.3) is 0 Å². The van der Waals surface area contributed by atoms with E-state index in [9.17, 15) is 9.90 Å². The summed E-state index contributed by atoms with van der Waals surface area (Å²) in [7, 11) is 0. The molecular formula is C23H22O3. The van der Waals surface area contributed by atoms with Gasteiger partial charge in [-0.2, -0.15) is 0 Å². The van der Waals surface area contributed by atoms with E-state index < -0.39 is 5.97 Å². The third-order valence-corrected chi connectivity index (χ3v) is 4.35. The molecule has 0 unspecified atom stereocenters. The Morgan fingerprint density at radius 3 is 2.15 bits per heavy atom. The largest absolute Gasteiger partial charge is 0.489 e. The lowest BCUT2D eigenvalue weighted by molar-refractivity contribution is 0.0695. The van der Waals surface area contributed by atoms with Gasteiger partial charge in [-0.3, -0.25) is 0 Å². The van der Waals surface area contributed by atoms with Crippen LogP contribution in [0.4, 0.5) is 0 Å². The molecule has 0 bridgehead atoms. The van der Waals surface area contributed by atoms with E-state index in [0.29, 0.717) is 12.2 Å². The minimum atomic E-state index is -0.868. The van der Waals surface area contributed by atoms with E-state index in [2.05, 4.69) is 6.07 Å². The Hall–Kier alpha value is -3.07. The minimum absolute atomic E-state index is 0.390. The summed E-state index contributed by atoms with van der Waals surface area (Å²) in [5.41, 5.74) is 3.55. The van der Waals surface area contributed by atoms with Gasteiger partial charge in [-0.1, -0.05) is 66.7 Å². The highest BCUT2D eigenvalue weighted by atomic mass is 16.5. The second-order valence-electron chi connectivity index (χ2n) is 6.20. The van der Waals surface area contributed by atoms with Gasteiger partial charge in [0.25, 0.3) is 0 Å². The average Bonchev–Trinajstić information content (AvgIpc) is 2.68. The van der Waals surface area contributed by atoms with Crippen molar-refractivity contribution in [2.75, 3.05) is 0 Å². The lowest BCUT2D eigenvalue weighted by atomic mass is 9.99. The maximum absolute atomic E-state index is 11.3. The predicted molar refractivity (Wildman–Crippen MR) is 103 cm³/mol. The Kier molecular flexibility index (Phi) is 6.05. The van der Waals surface area contributed by atoms with Crippen LogP contribution in [0.5, 0.6) is 5.75 Å². The van der Waals surface area contributed by atoms with E-state index in [0.717, 1.165) is 41.7 Å². The van der Waals surface area contributed by atoms with Gasteiger partial charge in [0.2, 0.25) is 0 Å². The van der Waals surface area contributed by atoms with Gasteiger partial charge in [-0.25, -0.2) is 4.79 Å². The molecule has 1 N–H and O–H groups in total. The van der Waals surface area contributed by atoms with Crippen molar-refractivity contribution >= 4 is 5.97 Å². The van der Waals surface area contributed by atoms with Crippen LogP contribution in [0.3, 0.4) is 0 Å². The molecular weight excluding hydrogens is 324 g/mol. The number of aryl methyl sites for hydroxylation is 2. The summed E-state index contributed by atoms with van der Waals surface area (Å²) < 4.78 is 5.99. The van der Waals surface area contributed by atoms with Crippen molar-refractivity contribution in [2.45, 2.75) is 25.9 Å². The molecule has 26 heavy (non-hydrogen) atoms. The van der Waals surface area contributed by atoms with E-state index in [1.807, 2.05) is 60.7 Å². The first-order chi connectivity index (χ1) is 12.7. The Morgan fingerprint density at radius 2 is 1.38 bits per heavy atom. The van der Waals surface area contributed by atoms with Crippen LogP contribution in [0.1, 0.15) is 33.5 Å². The second kappa shape index (κ2) is 8.86. The highest BCUT2D eigenvalue weighted by molar-refractivity contribution is 5.89. The van der Waals surface area contributed by atoms with Crippen molar-refractivity contribution in [3.63, 3.8) is 0 Å². The highest BCUT2D eigenvalue weighted by Gasteiger charge is 2.09. The number of benzene rings is 3. The monoisotopic (exact) mass is 346 g/mol. The molecule has 0 amide bonds. The summed E-state index contributed by atoms with van der Waals surface area (Å²) >= 11 is 0. The summed E-state index contributed by atoms with van der Waals surface area (Å²) in [5.74, 6) is 0.0232. The minimum Gasteiger partial charge on any atom is -0.489 e. The van der Waals surface area contributed by atoms with Gasteiger partial charge in [0.05, 0.1) is 5.56 Å². The van der Waals surface area contributed by atoms with Gasteiger partial charge in [-0.05, 0) is 48.1 Å². The van der Waals surface area contributed by atoms with E-state index in [-0.39, 0.29) is 0 Å². The Balaban J connectivity index is 1.61. The summed E-state index contributed by atoms with van der Waals surface area (Å²) in [4.78, 5) is 11.3.